The van der Waals surface area contributed by atoms with E-state index in [0.29, 0.717) is 19.4 Å². The fraction of sp³-hybridized carbons (Fsp3) is 0.516. The summed E-state index contributed by atoms with van der Waals surface area (Å²) in [6, 6.07) is 15.4. The molecule has 0 aliphatic rings. The quantitative estimate of drug-likeness (QED) is 0.383. The average Bonchev–Trinajstić information content (AvgIpc) is 2.88. The van der Waals surface area contributed by atoms with Gasteiger partial charge in [0.25, 0.3) is 0 Å². The number of carbonyl (C=O) groups excluding carboxylic acids is 3. The first kappa shape index (κ1) is 30.9. The van der Waals surface area contributed by atoms with Crippen molar-refractivity contribution in [3.05, 3.63) is 71.3 Å². The Morgan fingerprint density at radius 2 is 1.53 bits per heavy atom. The summed E-state index contributed by atoms with van der Waals surface area (Å²) in [7, 11) is 0. The predicted molar refractivity (Wildman–Crippen MR) is 151 cm³/mol. The molecule has 3 amide bonds. The van der Waals surface area contributed by atoms with Crippen molar-refractivity contribution in [3.63, 3.8) is 0 Å². The number of amides is 3. The van der Waals surface area contributed by atoms with Crippen LogP contribution in [0, 0.1) is 12.8 Å². The number of rotatable bonds is 11. The van der Waals surface area contributed by atoms with E-state index in [1.54, 1.807) is 25.7 Å². The van der Waals surface area contributed by atoms with Crippen molar-refractivity contribution in [2.24, 2.45) is 5.92 Å². The van der Waals surface area contributed by atoms with Crippen LogP contribution in [-0.4, -0.2) is 40.5 Å². The van der Waals surface area contributed by atoms with Crippen LogP contribution >= 0.6 is 0 Å². The molecule has 0 radical (unpaired) electrons. The van der Waals surface area contributed by atoms with E-state index >= 15 is 0 Å². The number of aryl methyl sites for hydroxylation is 1. The molecule has 0 heterocycles. The summed E-state index contributed by atoms with van der Waals surface area (Å²) in [5.74, 6) is -0.751. The van der Waals surface area contributed by atoms with Crippen LogP contribution in [0.3, 0.4) is 0 Å². The number of benzene rings is 2. The van der Waals surface area contributed by atoms with E-state index in [1.165, 1.54) is 0 Å². The Morgan fingerprint density at radius 3 is 2.05 bits per heavy atom. The van der Waals surface area contributed by atoms with Crippen LogP contribution in [0.15, 0.2) is 54.6 Å². The van der Waals surface area contributed by atoms with Gasteiger partial charge in [-0.25, -0.2) is 4.79 Å². The van der Waals surface area contributed by atoms with E-state index in [4.69, 9.17) is 4.74 Å². The Bertz CT molecular complexity index is 1050. The molecule has 0 saturated heterocycles. The van der Waals surface area contributed by atoms with Gasteiger partial charge in [-0.2, -0.15) is 0 Å². The second-order valence-corrected chi connectivity index (χ2v) is 11.0. The molecule has 7 heteroatoms. The molecule has 0 aliphatic heterocycles. The van der Waals surface area contributed by atoms with E-state index in [-0.39, 0.29) is 23.8 Å². The molecular weight excluding hydrogens is 478 g/mol. The maximum atomic E-state index is 14.3. The van der Waals surface area contributed by atoms with E-state index in [1.807, 2.05) is 89.2 Å². The Kier molecular flexibility index (Phi) is 11.4. The zero-order valence-electron chi connectivity index (χ0n) is 24.2. The highest BCUT2D eigenvalue weighted by Gasteiger charge is 2.40. The third-order valence-electron chi connectivity index (χ3n) is 6.70. The van der Waals surface area contributed by atoms with Gasteiger partial charge in [0.2, 0.25) is 11.8 Å². The van der Waals surface area contributed by atoms with Crippen molar-refractivity contribution in [1.29, 1.82) is 0 Å². The second-order valence-electron chi connectivity index (χ2n) is 11.0. The molecule has 0 aliphatic carbocycles. The lowest BCUT2D eigenvalue weighted by Crippen LogP contribution is -2.57. The number of ether oxygens (including phenoxy) is 1. The average molecular weight is 524 g/mol. The molecule has 2 rings (SSSR count). The van der Waals surface area contributed by atoms with Crippen LogP contribution in [-0.2, 0) is 20.9 Å². The summed E-state index contributed by atoms with van der Waals surface area (Å²) in [6.07, 6.45) is 0.649. The third-order valence-corrected chi connectivity index (χ3v) is 6.70. The van der Waals surface area contributed by atoms with Crippen molar-refractivity contribution in [3.8, 4) is 0 Å². The maximum absolute atomic E-state index is 14.3. The van der Waals surface area contributed by atoms with E-state index in [0.717, 1.165) is 16.7 Å². The van der Waals surface area contributed by atoms with E-state index < -0.39 is 23.8 Å². The van der Waals surface area contributed by atoms with Gasteiger partial charge in [-0.15, -0.1) is 0 Å². The van der Waals surface area contributed by atoms with Crippen LogP contribution in [0.1, 0.15) is 84.0 Å². The number of hydrogen-bond acceptors (Lipinski definition) is 4. The molecule has 0 bridgehead atoms. The van der Waals surface area contributed by atoms with Crippen LogP contribution in [0.4, 0.5) is 4.79 Å². The Hall–Kier alpha value is -3.35. The number of nitrogens with one attached hydrogen (secondary N) is 2. The summed E-state index contributed by atoms with van der Waals surface area (Å²) in [5.41, 5.74) is 2.04. The van der Waals surface area contributed by atoms with Gasteiger partial charge in [0, 0.05) is 12.6 Å². The lowest BCUT2D eigenvalue weighted by Gasteiger charge is -2.39. The van der Waals surface area contributed by atoms with Crippen LogP contribution in [0.2, 0.25) is 0 Å². The minimum absolute atomic E-state index is 0.173. The van der Waals surface area contributed by atoms with Gasteiger partial charge in [0.1, 0.15) is 17.7 Å². The smallest absolute Gasteiger partial charge is 0.408 e. The van der Waals surface area contributed by atoms with Gasteiger partial charge in [-0.1, -0.05) is 87.4 Å². The van der Waals surface area contributed by atoms with Gasteiger partial charge in [0.05, 0.1) is 0 Å². The molecule has 4 unspecified atom stereocenters. The summed E-state index contributed by atoms with van der Waals surface area (Å²) in [4.78, 5) is 42.5. The summed E-state index contributed by atoms with van der Waals surface area (Å²) >= 11 is 0. The normalized spacial score (nSPS) is 14.5. The van der Waals surface area contributed by atoms with Crippen molar-refractivity contribution in [2.75, 3.05) is 0 Å². The summed E-state index contributed by atoms with van der Waals surface area (Å²) in [5, 5.41) is 5.85. The molecule has 4 atom stereocenters. The Labute approximate surface area is 228 Å². The van der Waals surface area contributed by atoms with E-state index in [9.17, 15) is 14.4 Å². The van der Waals surface area contributed by atoms with Gasteiger partial charge < -0.3 is 20.3 Å². The van der Waals surface area contributed by atoms with Crippen LogP contribution in [0.5, 0.6) is 0 Å². The minimum atomic E-state index is -0.867. The monoisotopic (exact) mass is 523 g/mol. The molecule has 2 aromatic carbocycles. The molecule has 7 nitrogen and oxygen atoms in total. The topological polar surface area (TPSA) is 87.7 Å². The second kappa shape index (κ2) is 14.0. The number of alkyl carbamates (subject to hydrolysis) is 1. The zero-order valence-corrected chi connectivity index (χ0v) is 24.2. The Morgan fingerprint density at radius 1 is 0.921 bits per heavy atom. The van der Waals surface area contributed by atoms with Gasteiger partial charge in [-0.3, -0.25) is 9.59 Å². The standard InChI is InChI=1S/C31H45N3O4/c1-9-22(4)26(33-30(37)38-31(6,7)8)29(36)34(23(5)10-2)27(25-18-16-21(3)17-19-25)28(35)32-20-24-14-12-11-13-15-24/h11-19,22-23,26-27H,9-10,20H2,1-8H3,(H,32,35)(H,33,37). The van der Waals surface area contributed by atoms with Gasteiger partial charge in [0.15, 0.2) is 0 Å². The Balaban J connectivity index is 2.50. The van der Waals surface area contributed by atoms with Crippen molar-refractivity contribution < 1.29 is 19.1 Å². The lowest BCUT2D eigenvalue weighted by molar-refractivity contribution is -0.146. The third kappa shape index (κ3) is 8.89. The first-order valence-electron chi connectivity index (χ1n) is 13.6. The largest absolute Gasteiger partial charge is 0.444 e. The molecule has 38 heavy (non-hydrogen) atoms. The molecule has 208 valence electrons. The van der Waals surface area contributed by atoms with Crippen LogP contribution < -0.4 is 10.6 Å². The van der Waals surface area contributed by atoms with Crippen LogP contribution in [0.25, 0.3) is 0 Å². The summed E-state index contributed by atoms with van der Waals surface area (Å²) < 4.78 is 5.47. The molecule has 0 spiro atoms. The fourth-order valence-corrected chi connectivity index (χ4v) is 4.14. The molecule has 2 N–H and O–H groups in total. The molecular formula is C31H45N3O4. The van der Waals surface area contributed by atoms with Crippen molar-refractivity contribution >= 4 is 17.9 Å². The van der Waals surface area contributed by atoms with Gasteiger partial charge >= 0.3 is 6.09 Å². The summed E-state index contributed by atoms with van der Waals surface area (Å²) in [6.45, 7) is 15.5. The predicted octanol–water partition coefficient (Wildman–Crippen LogP) is 5.92. The first-order chi connectivity index (χ1) is 17.9. The lowest BCUT2D eigenvalue weighted by atomic mass is 9.94. The first-order valence-corrected chi connectivity index (χ1v) is 13.6. The number of hydrogen-bond donors (Lipinski definition) is 2. The fourth-order valence-electron chi connectivity index (χ4n) is 4.14. The molecule has 2 aromatic rings. The highest BCUT2D eigenvalue weighted by atomic mass is 16.6. The SMILES string of the molecule is CCC(C)C(NC(=O)OC(C)(C)C)C(=O)N(C(C)CC)C(C(=O)NCc1ccccc1)c1ccc(C)cc1. The molecule has 0 saturated carbocycles. The van der Waals surface area contributed by atoms with E-state index in [2.05, 4.69) is 10.6 Å². The number of nitrogens with zero attached hydrogens (tertiary/aromatic N) is 1. The highest BCUT2D eigenvalue weighted by molar-refractivity contribution is 5.92. The molecule has 0 aromatic heterocycles. The maximum Gasteiger partial charge on any atom is 0.408 e. The number of carbonyl (C=O) groups is 3. The zero-order chi connectivity index (χ0) is 28.5. The van der Waals surface area contributed by atoms with Gasteiger partial charge in [-0.05, 0) is 58.1 Å². The highest BCUT2D eigenvalue weighted by Crippen LogP contribution is 2.28. The van der Waals surface area contributed by atoms with Crippen molar-refractivity contribution in [1.82, 2.24) is 15.5 Å². The van der Waals surface area contributed by atoms with Crippen molar-refractivity contribution in [2.45, 2.75) is 98.5 Å². The minimum Gasteiger partial charge on any atom is -0.444 e. The molecule has 0 fully saturated rings.